The molecule has 1 aliphatic rings. The maximum atomic E-state index is 9.88. The molecule has 0 saturated heterocycles. The van der Waals surface area contributed by atoms with Gasteiger partial charge in [-0.1, -0.05) is 6.07 Å². The Bertz CT molecular complexity index is 348. The van der Waals surface area contributed by atoms with E-state index in [1.807, 2.05) is 6.07 Å². The highest BCUT2D eigenvalue weighted by atomic mass is 16.3. The first-order valence-electron chi connectivity index (χ1n) is 4.77. The van der Waals surface area contributed by atoms with E-state index < -0.39 is 5.60 Å². The van der Waals surface area contributed by atoms with Gasteiger partial charge in [0, 0.05) is 6.42 Å². The van der Waals surface area contributed by atoms with Crippen LogP contribution in [0.5, 0.6) is 5.75 Å². The lowest BCUT2D eigenvalue weighted by Crippen LogP contribution is -2.39. The van der Waals surface area contributed by atoms with Gasteiger partial charge in [0.2, 0.25) is 0 Å². The van der Waals surface area contributed by atoms with Crippen LogP contribution in [0.25, 0.3) is 0 Å². The van der Waals surface area contributed by atoms with Gasteiger partial charge < -0.3 is 15.3 Å². The summed E-state index contributed by atoms with van der Waals surface area (Å²) in [6.07, 6.45) is 1.74. The Morgan fingerprint density at radius 2 is 2.07 bits per heavy atom. The molecule has 14 heavy (non-hydrogen) atoms. The highest BCUT2D eigenvalue weighted by Crippen LogP contribution is 2.30. The molecule has 0 aliphatic heterocycles. The highest BCUT2D eigenvalue weighted by Gasteiger charge is 2.31. The zero-order chi connectivity index (χ0) is 10.2. The summed E-state index contributed by atoms with van der Waals surface area (Å²) in [5.41, 5.74) is 1.12. The number of aryl methyl sites for hydroxylation is 1. The SMILES string of the molecule is OCC1(O)CCc2cc(O)ccc2C1. The van der Waals surface area contributed by atoms with E-state index >= 15 is 0 Å². The summed E-state index contributed by atoms with van der Waals surface area (Å²) in [6.45, 7) is -0.201. The number of aliphatic hydroxyl groups excluding tert-OH is 1. The summed E-state index contributed by atoms with van der Waals surface area (Å²) in [6, 6.07) is 5.15. The Balaban J connectivity index is 2.31. The lowest BCUT2D eigenvalue weighted by Gasteiger charge is -2.31. The van der Waals surface area contributed by atoms with Gasteiger partial charge in [0.1, 0.15) is 5.75 Å². The number of hydrogen-bond acceptors (Lipinski definition) is 3. The van der Waals surface area contributed by atoms with Crippen LogP contribution in [0.15, 0.2) is 18.2 Å². The van der Waals surface area contributed by atoms with Crippen LogP contribution in [-0.4, -0.2) is 27.5 Å². The monoisotopic (exact) mass is 194 g/mol. The van der Waals surface area contributed by atoms with E-state index in [2.05, 4.69) is 0 Å². The van der Waals surface area contributed by atoms with Crippen molar-refractivity contribution in [2.75, 3.05) is 6.61 Å². The lowest BCUT2D eigenvalue weighted by molar-refractivity contribution is -0.0248. The molecule has 0 amide bonds. The van der Waals surface area contributed by atoms with Crippen molar-refractivity contribution in [3.05, 3.63) is 29.3 Å². The molecule has 0 fully saturated rings. The molecule has 0 saturated carbocycles. The first kappa shape index (κ1) is 9.49. The minimum atomic E-state index is -0.968. The predicted octanol–water partition coefficient (Wildman–Crippen LogP) is 0.604. The van der Waals surface area contributed by atoms with E-state index in [0.717, 1.165) is 11.1 Å². The molecule has 0 heterocycles. The maximum absolute atomic E-state index is 9.88. The third-order valence-corrected chi connectivity index (χ3v) is 2.86. The summed E-state index contributed by atoms with van der Waals surface area (Å²) in [7, 11) is 0. The molecular formula is C11H14O3. The Hall–Kier alpha value is -1.06. The first-order chi connectivity index (χ1) is 6.63. The fourth-order valence-electron chi connectivity index (χ4n) is 1.96. The second-order valence-corrected chi connectivity index (χ2v) is 4.01. The number of aromatic hydroxyl groups is 1. The summed E-state index contributed by atoms with van der Waals surface area (Å²) in [4.78, 5) is 0. The number of hydrogen-bond donors (Lipinski definition) is 3. The van der Waals surface area contributed by atoms with Gasteiger partial charge in [-0.05, 0) is 36.1 Å². The van der Waals surface area contributed by atoms with Crippen molar-refractivity contribution in [3.63, 3.8) is 0 Å². The lowest BCUT2D eigenvalue weighted by atomic mass is 9.81. The van der Waals surface area contributed by atoms with Crippen molar-refractivity contribution >= 4 is 0 Å². The van der Waals surface area contributed by atoms with Crippen LogP contribution in [0.3, 0.4) is 0 Å². The van der Waals surface area contributed by atoms with Gasteiger partial charge in [0.25, 0.3) is 0 Å². The Morgan fingerprint density at radius 3 is 2.79 bits per heavy atom. The van der Waals surface area contributed by atoms with Gasteiger partial charge in [-0.3, -0.25) is 0 Å². The number of aliphatic hydroxyl groups is 2. The topological polar surface area (TPSA) is 60.7 Å². The van der Waals surface area contributed by atoms with Gasteiger partial charge >= 0.3 is 0 Å². The van der Waals surface area contributed by atoms with E-state index in [0.29, 0.717) is 19.3 Å². The van der Waals surface area contributed by atoms with Crippen LogP contribution in [-0.2, 0) is 12.8 Å². The zero-order valence-corrected chi connectivity index (χ0v) is 7.90. The van der Waals surface area contributed by atoms with Crippen LogP contribution in [0.4, 0.5) is 0 Å². The molecule has 3 N–H and O–H groups in total. The van der Waals surface area contributed by atoms with E-state index in [1.165, 1.54) is 0 Å². The molecule has 0 aromatic heterocycles. The predicted molar refractivity (Wildman–Crippen MR) is 52.2 cm³/mol. The van der Waals surface area contributed by atoms with Crippen LogP contribution >= 0.6 is 0 Å². The highest BCUT2D eigenvalue weighted by molar-refractivity contribution is 5.37. The molecule has 1 aromatic carbocycles. The molecule has 0 radical (unpaired) electrons. The minimum Gasteiger partial charge on any atom is -0.508 e. The van der Waals surface area contributed by atoms with Crippen molar-refractivity contribution in [1.29, 1.82) is 0 Å². The molecule has 1 aromatic rings. The van der Waals surface area contributed by atoms with E-state index in [9.17, 15) is 10.2 Å². The largest absolute Gasteiger partial charge is 0.508 e. The molecule has 0 spiro atoms. The van der Waals surface area contributed by atoms with Gasteiger partial charge in [0.15, 0.2) is 0 Å². The van der Waals surface area contributed by atoms with E-state index in [1.54, 1.807) is 12.1 Å². The minimum absolute atomic E-state index is 0.201. The Kier molecular flexibility index (Phi) is 2.21. The smallest absolute Gasteiger partial charge is 0.115 e. The van der Waals surface area contributed by atoms with Gasteiger partial charge in [-0.15, -0.1) is 0 Å². The molecule has 1 atom stereocenters. The van der Waals surface area contributed by atoms with Crippen LogP contribution in [0, 0.1) is 0 Å². The average Bonchev–Trinajstić information content (AvgIpc) is 2.19. The van der Waals surface area contributed by atoms with Gasteiger partial charge in [-0.2, -0.15) is 0 Å². The van der Waals surface area contributed by atoms with E-state index in [-0.39, 0.29) is 12.4 Å². The Morgan fingerprint density at radius 1 is 1.29 bits per heavy atom. The molecule has 3 heteroatoms. The van der Waals surface area contributed by atoms with E-state index in [4.69, 9.17) is 5.11 Å². The normalized spacial score (nSPS) is 25.9. The van der Waals surface area contributed by atoms with Crippen molar-refractivity contribution in [3.8, 4) is 5.75 Å². The van der Waals surface area contributed by atoms with Crippen molar-refractivity contribution in [2.24, 2.45) is 0 Å². The maximum Gasteiger partial charge on any atom is 0.115 e. The van der Waals surface area contributed by atoms with Crippen LogP contribution < -0.4 is 0 Å². The average molecular weight is 194 g/mol. The molecule has 0 bridgehead atoms. The second kappa shape index (κ2) is 3.26. The fourth-order valence-corrected chi connectivity index (χ4v) is 1.96. The quantitative estimate of drug-likeness (QED) is 0.613. The summed E-state index contributed by atoms with van der Waals surface area (Å²) < 4.78 is 0. The molecule has 76 valence electrons. The van der Waals surface area contributed by atoms with Crippen LogP contribution in [0.2, 0.25) is 0 Å². The number of phenolic OH excluding ortho intramolecular Hbond substituents is 1. The molecule has 1 aliphatic carbocycles. The third kappa shape index (κ3) is 1.61. The third-order valence-electron chi connectivity index (χ3n) is 2.86. The molecule has 2 rings (SSSR count). The number of phenols is 1. The number of benzene rings is 1. The first-order valence-corrected chi connectivity index (χ1v) is 4.77. The Labute approximate surface area is 82.6 Å². The summed E-state index contributed by atoms with van der Waals surface area (Å²) in [5, 5.41) is 28.2. The van der Waals surface area contributed by atoms with Gasteiger partial charge in [-0.25, -0.2) is 0 Å². The number of rotatable bonds is 1. The second-order valence-electron chi connectivity index (χ2n) is 4.01. The molecule has 1 unspecified atom stereocenters. The molecule has 3 nitrogen and oxygen atoms in total. The van der Waals surface area contributed by atoms with Crippen LogP contribution in [0.1, 0.15) is 17.5 Å². The van der Waals surface area contributed by atoms with Gasteiger partial charge in [0.05, 0.1) is 12.2 Å². The molecular weight excluding hydrogens is 180 g/mol. The summed E-state index contributed by atoms with van der Waals surface area (Å²) in [5.74, 6) is 0.262. The standard InChI is InChI=1S/C11H14O3/c12-7-11(14)4-3-8-5-10(13)2-1-9(8)6-11/h1-2,5,12-14H,3-4,6-7H2. The number of fused-ring (bicyclic) bond motifs is 1. The van der Waals surface area contributed by atoms with Crippen molar-refractivity contribution in [1.82, 2.24) is 0 Å². The van der Waals surface area contributed by atoms with Crippen molar-refractivity contribution < 1.29 is 15.3 Å². The summed E-state index contributed by atoms with van der Waals surface area (Å²) >= 11 is 0. The fraction of sp³-hybridized carbons (Fsp3) is 0.455. The van der Waals surface area contributed by atoms with Crippen molar-refractivity contribution in [2.45, 2.75) is 24.9 Å². The zero-order valence-electron chi connectivity index (χ0n) is 7.90.